The Balaban J connectivity index is 1.61. The van der Waals surface area contributed by atoms with Crippen LogP contribution in [0.5, 0.6) is 0 Å². The molecule has 1 N–H and O–H groups in total. The first-order valence-corrected chi connectivity index (χ1v) is 14.3. The Bertz CT molecular complexity index is 885. The van der Waals surface area contributed by atoms with E-state index in [1.807, 2.05) is 0 Å². The maximum atomic E-state index is 11.1. The van der Waals surface area contributed by atoms with Crippen LogP contribution in [0.25, 0.3) is 0 Å². The van der Waals surface area contributed by atoms with E-state index in [4.69, 9.17) is 4.74 Å². The SMILES string of the molecule is C[C@@H]1CC[C@@H](C(C)(C)N2C[C@@H](C(C)(C)[Se]c3ccccc3)O[C@@H](c3ccccc3)C2)[C@H](O)C1. The molecule has 0 aromatic heterocycles. The number of nitrogens with zero attached hydrogens (tertiary/aromatic N) is 1. The van der Waals surface area contributed by atoms with Gasteiger partial charge in [0.1, 0.15) is 0 Å². The maximum absolute atomic E-state index is 11.1. The van der Waals surface area contributed by atoms with Gasteiger partial charge in [-0.05, 0) is 0 Å². The number of aliphatic hydroxyl groups is 1. The molecule has 2 aliphatic rings. The Morgan fingerprint density at radius 3 is 2.18 bits per heavy atom. The van der Waals surface area contributed by atoms with Crippen molar-refractivity contribution in [1.82, 2.24) is 4.90 Å². The molecule has 0 amide bonds. The number of benzene rings is 2. The van der Waals surface area contributed by atoms with Gasteiger partial charge in [-0.1, -0.05) is 0 Å². The third-order valence-electron chi connectivity index (χ3n) is 7.97. The van der Waals surface area contributed by atoms with E-state index in [1.54, 1.807) is 0 Å². The van der Waals surface area contributed by atoms with E-state index in [0.717, 1.165) is 25.9 Å². The molecule has 1 aliphatic heterocycles. The van der Waals surface area contributed by atoms with E-state index >= 15 is 0 Å². The summed E-state index contributed by atoms with van der Waals surface area (Å²) in [6.07, 6.45) is 3.20. The van der Waals surface area contributed by atoms with Crippen molar-refractivity contribution in [3.05, 3.63) is 66.2 Å². The van der Waals surface area contributed by atoms with Crippen molar-refractivity contribution in [3.63, 3.8) is 0 Å². The van der Waals surface area contributed by atoms with Crippen molar-refractivity contribution in [3.8, 4) is 0 Å². The second kappa shape index (κ2) is 10.2. The molecule has 33 heavy (non-hydrogen) atoms. The third kappa shape index (κ3) is 5.74. The summed E-state index contributed by atoms with van der Waals surface area (Å²) in [7, 11) is 0. The van der Waals surface area contributed by atoms with Gasteiger partial charge >= 0.3 is 207 Å². The quantitative estimate of drug-likeness (QED) is 0.536. The van der Waals surface area contributed by atoms with Crippen molar-refractivity contribution in [2.24, 2.45) is 11.8 Å². The molecule has 4 heteroatoms. The van der Waals surface area contributed by atoms with Gasteiger partial charge in [0, 0.05) is 0 Å². The van der Waals surface area contributed by atoms with Gasteiger partial charge in [0.2, 0.25) is 0 Å². The second-order valence-corrected chi connectivity index (χ2v) is 14.8. The zero-order chi connectivity index (χ0) is 23.6. The molecule has 0 bridgehead atoms. The standard InChI is InChI=1S/C29H41NO2Se/c1-21-16-17-24(25(31)18-21)28(2,3)30-19-26(22-12-8-6-9-13-22)32-27(20-30)29(4,5)33-23-14-10-7-11-15-23/h6-15,21,24-27,31H,16-20H2,1-5H3/t21-,24-,25-,26-,27+/m1/s1. The molecule has 4 rings (SSSR count). The van der Waals surface area contributed by atoms with Crippen LogP contribution in [0.1, 0.15) is 65.5 Å². The van der Waals surface area contributed by atoms with Crippen molar-refractivity contribution >= 4 is 19.4 Å². The van der Waals surface area contributed by atoms with Crippen LogP contribution in [0, 0.1) is 11.8 Å². The summed E-state index contributed by atoms with van der Waals surface area (Å²) < 4.78 is 8.35. The normalized spacial score (nSPS) is 29.7. The fourth-order valence-electron chi connectivity index (χ4n) is 5.73. The van der Waals surface area contributed by atoms with E-state index in [0.29, 0.717) is 26.8 Å². The van der Waals surface area contributed by atoms with Crippen molar-refractivity contribution in [2.45, 2.75) is 82.0 Å². The summed E-state index contributed by atoms with van der Waals surface area (Å²) in [5.41, 5.74) is 1.17. The minimum absolute atomic E-state index is 0.0507. The molecule has 180 valence electrons. The Labute approximate surface area is 207 Å². The van der Waals surface area contributed by atoms with Gasteiger partial charge in [0.25, 0.3) is 0 Å². The average molecular weight is 515 g/mol. The molecule has 2 aromatic rings. The minimum atomic E-state index is -0.221. The van der Waals surface area contributed by atoms with Crippen LogP contribution in [-0.4, -0.2) is 55.8 Å². The molecule has 0 spiro atoms. The van der Waals surface area contributed by atoms with Gasteiger partial charge in [0.15, 0.2) is 0 Å². The first-order valence-electron chi connectivity index (χ1n) is 12.5. The van der Waals surface area contributed by atoms with Crippen molar-refractivity contribution < 1.29 is 9.84 Å². The summed E-state index contributed by atoms with van der Waals surface area (Å²) in [4.78, 5) is 2.64. The number of hydrogen-bond acceptors (Lipinski definition) is 3. The number of ether oxygens (including phenoxy) is 1. The third-order valence-corrected chi connectivity index (χ3v) is 10.7. The van der Waals surface area contributed by atoms with Crippen LogP contribution in [0.2, 0.25) is 4.31 Å². The molecule has 0 radical (unpaired) electrons. The van der Waals surface area contributed by atoms with Crippen LogP contribution in [0.3, 0.4) is 0 Å². The molecule has 5 atom stereocenters. The zero-order valence-corrected chi connectivity index (χ0v) is 22.6. The van der Waals surface area contributed by atoms with Gasteiger partial charge in [-0.2, -0.15) is 0 Å². The van der Waals surface area contributed by atoms with E-state index in [2.05, 4.69) is 100 Å². The predicted octanol–water partition coefficient (Wildman–Crippen LogP) is 5.23. The van der Waals surface area contributed by atoms with Crippen LogP contribution >= 0.6 is 0 Å². The molecule has 1 saturated heterocycles. The van der Waals surface area contributed by atoms with Gasteiger partial charge in [-0.15, -0.1) is 0 Å². The van der Waals surface area contributed by atoms with E-state index in [1.165, 1.54) is 16.4 Å². The fourth-order valence-corrected chi connectivity index (χ4v) is 8.17. The zero-order valence-electron chi connectivity index (χ0n) is 20.9. The van der Waals surface area contributed by atoms with Crippen molar-refractivity contribution in [2.75, 3.05) is 13.1 Å². The van der Waals surface area contributed by atoms with Crippen LogP contribution in [0.4, 0.5) is 0 Å². The summed E-state index contributed by atoms with van der Waals surface area (Å²) in [5.74, 6) is 0.917. The second-order valence-electron chi connectivity index (χ2n) is 11.2. The molecule has 2 fully saturated rings. The van der Waals surface area contributed by atoms with Gasteiger partial charge < -0.3 is 0 Å². The van der Waals surface area contributed by atoms with Gasteiger partial charge in [-0.3, -0.25) is 0 Å². The number of morpholine rings is 1. The van der Waals surface area contributed by atoms with Gasteiger partial charge in [0.05, 0.1) is 0 Å². The van der Waals surface area contributed by atoms with E-state index < -0.39 is 0 Å². The monoisotopic (exact) mass is 515 g/mol. The number of aliphatic hydroxyl groups excluding tert-OH is 1. The molecule has 1 aliphatic carbocycles. The average Bonchev–Trinajstić information content (AvgIpc) is 2.79. The Morgan fingerprint density at radius 1 is 0.909 bits per heavy atom. The number of rotatable bonds is 6. The Hall–Kier alpha value is -1.16. The molecule has 1 saturated carbocycles. The summed E-state index contributed by atoms with van der Waals surface area (Å²) in [5, 5.41) is 11.1. The molecule has 1 heterocycles. The molecule has 0 unspecified atom stereocenters. The van der Waals surface area contributed by atoms with Crippen LogP contribution in [0.15, 0.2) is 60.7 Å². The first-order chi connectivity index (χ1) is 15.7. The summed E-state index contributed by atoms with van der Waals surface area (Å²) in [6.45, 7) is 13.5. The topological polar surface area (TPSA) is 32.7 Å². The fraction of sp³-hybridized carbons (Fsp3) is 0.586. The molecular formula is C29H41NO2Se. The van der Waals surface area contributed by atoms with Gasteiger partial charge in [-0.25, -0.2) is 0 Å². The number of hydrogen-bond donors (Lipinski definition) is 1. The molecule has 3 nitrogen and oxygen atoms in total. The molecule has 2 aromatic carbocycles. The van der Waals surface area contributed by atoms with Crippen LogP contribution in [-0.2, 0) is 4.74 Å². The van der Waals surface area contributed by atoms with Crippen LogP contribution < -0.4 is 4.46 Å². The first kappa shape index (κ1) is 24.9. The van der Waals surface area contributed by atoms with E-state index in [9.17, 15) is 5.11 Å². The Kier molecular flexibility index (Phi) is 7.72. The molecular weight excluding hydrogens is 473 g/mol. The van der Waals surface area contributed by atoms with Crippen molar-refractivity contribution in [1.29, 1.82) is 0 Å². The summed E-state index contributed by atoms with van der Waals surface area (Å²) in [6, 6.07) is 21.6. The summed E-state index contributed by atoms with van der Waals surface area (Å²) >= 11 is 0.299. The Morgan fingerprint density at radius 2 is 1.55 bits per heavy atom. The predicted molar refractivity (Wildman–Crippen MR) is 138 cm³/mol. The van der Waals surface area contributed by atoms with E-state index in [-0.39, 0.29) is 28.2 Å².